The van der Waals surface area contributed by atoms with Crippen molar-refractivity contribution in [2.45, 2.75) is 212 Å². The third-order valence-electron chi connectivity index (χ3n) is 9.76. The van der Waals surface area contributed by atoms with Crippen molar-refractivity contribution < 1.29 is 42.9 Å². The van der Waals surface area contributed by atoms with Crippen LogP contribution >= 0.6 is 0 Å². The van der Waals surface area contributed by atoms with Gasteiger partial charge in [0, 0.05) is 12.8 Å². The van der Waals surface area contributed by atoms with Crippen molar-refractivity contribution in [1.29, 1.82) is 0 Å². The Morgan fingerprint density at radius 1 is 0.537 bits per heavy atom. The summed E-state index contributed by atoms with van der Waals surface area (Å²) in [4.78, 5) is 36.9. The van der Waals surface area contributed by atoms with Crippen molar-refractivity contribution in [3.8, 4) is 0 Å². The first-order valence-electron chi connectivity index (χ1n) is 22.3. The number of allylic oxidation sites excluding steroid dienone is 2. The van der Waals surface area contributed by atoms with Gasteiger partial charge in [-0.25, -0.2) is 0 Å². The standard InChI is InChI=1S/C45H85NO8/c1-6-8-10-12-14-16-18-20-22-24-25-27-29-31-33-35-42(47)52-39-41(40-53-45(44(49)50)51-38-37-46(3,4)5)54-43(48)36-34-32-30-28-26-23-21-19-17-15-13-11-9-7-2/h19,21,41,45H,6-18,20,22-40H2,1-5H3/b21-19-. The van der Waals surface area contributed by atoms with Gasteiger partial charge in [-0.2, -0.15) is 0 Å². The van der Waals surface area contributed by atoms with Gasteiger partial charge in [0.25, 0.3) is 0 Å². The highest BCUT2D eigenvalue weighted by molar-refractivity contribution is 5.70. The van der Waals surface area contributed by atoms with E-state index in [-0.39, 0.29) is 32.2 Å². The number of nitrogens with zero attached hydrogens (tertiary/aromatic N) is 1. The minimum atomic E-state index is -1.62. The zero-order valence-electron chi connectivity index (χ0n) is 35.9. The molecule has 0 aromatic heterocycles. The molecule has 0 aromatic carbocycles. The molecule has 0 saturated carbocycles. The maximum absolute atomic E-state index is 12.7. The van der Waals surface area contributed by atoms with Gasteiger partial charge in [-0.1, -0.05) is 161 Å². The highest BCUT2D eigenvalue weighted by atomic mass is 16.7. The number of quaternary nitrogens is 1. The van der Waals surface area contributed by atoms with Crippen LogP contribution in [0.1, 0.15) is 200 Å². The third kappa shape index (κ3) is 38.3. The molecule has 0 radical (unpaired) electrons. The van der Waals surface area contributed by atoms with E-state index in [1.807, 2.05) is 21.1 Å². The summed E-state index contributed by atoms with van der Waals surface area (Å²) in [5.41, 5.74) is 0. The highest BCUT2D eigenvalue weighted by Crippen LogP contribution is 2.15. The van der Waals surface area contributed by atoms with Gasteiger partial charge in [-0.15, -0.1) is 0 Å². The molecule has 9 heteroatoms. The zero-order chi connectivity index (χ0) is 40.0. The number of carboxylic acid groups (broad SMARTS) is 1. The molecule has 0 aliphatic carbocycles. The van der Waals surface area contributed by atoms with Gasteiger partial charge in [-0.3, -0.25) is 9.59 Å². The Bertz CT molecular complexity index is 903. The van der Waals surface area contributed by atoms with Gasteiger partial charge < -0.3 is 33.3 Å². The van der Waals surface area contributed by atoms with E-state index in [1.165, 1.54) is 116 Å². The van der Waals surface area contributed by atoms with Crippen LogP contribution in [0.4, 0.5) is 0 Å². The van der Waals surface area contributed by atoms with Crippen LogP contribution in [0.15, 0.2) is 12.2 Å². The molecule has 0 heterocycles. The second-order valence-electron chi connectivity index (χ2n) is 16.3. The molecular formula is C45H85NO8. The Kier molecular flexibility index (Phi) is 36.5. The van der Waals surface area contributed by atoms with Gasteiger partial charge >= 0.3 is 11.9 Å². The minimum absolute atomic E-state index is 0.149. The van der Waals surface area contributed by atoms with E-state index in [1.54, 1.807) is 0 Å². The number of esters is 2. The monoisotopic (exact) mass is 768 g/mol. The van der Waals surface area contributed by atoms with Crippen LogP contribution in [0.5, 0.6) is 0 Å². The van der Waals surface area contributed by atoms with Crippen molar-refractivity contribution >= 4 is 17.9 Å². The van der Waals surface area contributed by atoms with Gasteiger partial charge in [0.05, 0.1) is 40.3 Å². The Hall–Kier alpha value is -1.97. The average Bonchev–Trinajstić information content (AvgIpc) is 3.12. The maximum atomic E-state index is 12.7. The van der Waals surface area contributed by atoms with Crippen LogP contribution in [-0.2, 0) is 33.3 Å². The fourth-order valence-corrected chi connectivity index (χ4v) is 6.24. The van der Waals surface area contributed by atoms with E-state index in [4.69, 9.17) is 18.9 Å². The van der Waals surface area contributed by atoms with Gasteiger partial charge in [0.15, 0.2) is 12.4 Å². The maximum Gasteiger partial charge on any atom is 0.306 e. The molecule has 0 N–H and O–H groups in total. The summed E-state index contributed by atoms with van der Waals surface area (Å²) in [5.74, 6) is -2.28. The molecule has 0 amide bonds. The van der Waals surface area contributed by atoms with E-state index >= 15 is 0 Å². The number of carbonyl (C=O) groups is 3. The minimum Gasteiger partial charge on any atom is -0.545 e. The summed E-state index contributed by atoms with van der Waals surface area (Å²) in [5, 5.41) is 11.7. The molecule has 2 atom stereocenters. The Morgan fingerprint density at radius 3 is 1.37 bits per heavy atom. The molecular weight excluding hydrogens is 682 g/mol. The molecule has 2 unspecified atom stereocenters. The SMILES string of the molecule is CCCCCCC/C=C\CCCCCCCC(=O)OC(COC(=O)CCCCCCCCCCCCCCCCC)COC(OCC[N+](C)(C)C)C(=O)[O-]. The number of carboxylic acids is 1. The van der Waals surface area contributed by atoms with E-state index in [2.05, 4.69) is 26.0 Å². The first-order valence-corrected chi connectivity index (χ1v) is 22.3. The number of hydrogen-bond acceptors (Lipinski definition) is 8. The van der Waals surface area contributed by atoms with Crippen LogP contribution in [-0.4, -0.2) is 82.3 Å². The zero-order valence-corrected chi connectivity index (χ0v) is 35.9. The Balaban J connectivity index is 4.43. The van der Waals surface area contributed by atoms with Crippen LogP contribution in [0.3, 0.4) is 0 Å². The topological polar surface area (TPSA) is 111 Å². The molecule has 0 aromatic rings. The van der Waals surface area contributed by atoms with E-state index in [0.29, 0.717) is 23.9 Å². The second-order valence-corrected chi connectivity index (χ2v) is 16.3. The number of ether oxygens (including phenoxy) is 4. The van der Waals surface area contributed by atoms with Gasteiger partial charge in [-0.05, 0) is 38.5 Å². The second kappa shape index (κ2) is 37.9. The van der Waals surface area contributed by atoms with E-state index < -0.39 is 24.3 Å². The summed E-state index contributed by atoms with van der Waals surface area (Å²) in [6.07, 6.45) is 35.2. The van der Waals surface area contributed by atoms with Crippen molar-refractivity contribution in [3.05, 3.63) is 12.2 Å². The molecule has 0 aliphatic heterocycles. The summed E-state index contributed by atoms with van der Waals surface area (Å²) in [6, 6.07) is 0. The first-order chi connectivity index (χ1) is 26.1. The van der Waals surface area contributed by atoms with Crippen LogP contribution < -0.4 is 5.11 Å². The summed E-state index contributed by atoms with van der Waals surface area (Å²) in [6.45, 7) is 4.73. The fraction of sp³-hybridized carbons (Fsp3) is 0.889. The van der Waals surface area contributed by atoms with Crippen molar-refractivity contribution in [2.75, 3.05) is 47.5 Å². The Labute approximate surface area is 332 Å². The quantitative estimate of drug-likeness (QED) is 0.0199. The lowest BCUT2D eigenvalue weighted by molar-refractivity contribution is -0.870. The number of rotatable bonds is 41. The lowest BCUT2D eigenvalue weighted by atomic mass is 10.0. The number of likely N-dealkylation sites (N-methyl/N-ethyl adjacent to an activating group) is 1. The highest BCUT2D eigenvalue weighted by Gasteiger charge is 2.21. The molecule has 0 saturated heterocycles. The lowest BCUT2D eigenvalue weighted by Crippen LogP contribution is -2.44. The lowest BCUT2D eigenvalue weighted by Gasteiger charge is -2.26. The van der Waals surface area contributed by atoms with Crippen molar-refractivity contribution in [3.63, 3.8) is 0 Å². The Morgan fingerprint density at radius 2 is 0.944 bits per heavy atom. The van der Waals surface area contributed by atoms with Crippen molar-refractivity contribution in [2.24, 2.45) is 0 Å². The number of carbonyl (C=O) groups excluding carboxylic acids is 3. The third-order valence-corrected chi connectivity index (χ3v) is 9.76. The van der Waals surface area contributed by atoms with E-state index in [9.17, 15) is 19.5 Å². The summed E-state index contributed by atoms with van der Waals surface area (Å²) < 4.78 is 22.5. The largest absolute Gasteiger partial charge is 0.545 e. The molecule has 9 nitrogen and oxygen atoms in total. The van der Waals surface area contributed by atoms with Crippen LogP contribution in [0, 0.1) is 0 Å². The first kappa shape index (κ1) is 52.0. The van der Waals surface area contributed by atoms with Crippen LogP contribution in [0.2, 0.25) is 0 Å². The van der Waals surface area contributed by atoms with Crippen molar-refractivity contribution in [1.82, 2.24) is 0 Å². The number of unbranched alkanes of at least 4 members (excludes halogenated alkanes) is 24. The van der Waals surface area contributed by atoms with Crippen LogP contribution in [0.25, 0.3) is 0 Å². The van der Waals surface area contributed by atoms with Gasteiger partial charge in [0.1, 0.15) is 13.2 Å². The smallest absolute Gasteiger partial charge is 0.306 e. The predicted molar refractivity (Wildman–Crippen MR) is 219 cm³/mol. The molecule has 0 aliphatic rings. The molecule has 54 heavy (non-hydrogen) atoms. The fourth-order valence-electron chi connectivity index (χ4n) is 6.24. The number of hydrogen-bond donors (Lipinski definition) is 0. The molecule has 0 fully saturated rings. The number of aliphatic carboxylic acids is 1. The summed E-state index contributed by atoms with van der Waals surface area (Å²) >= 11 is 0. The molecule has 318 valence electrons. The van der Waals surface area contributed by atoms with Gasteiger partial charge in [0.2, 0.25) is 0 Å². The normalized spacial score (nSPS) is 13.0. The molecule has 0 spiro atoms. The molecule has 0 rings (SSSR count). The average molecular weight is 768 g/mol. The predicted octanol–water partition coefficient (Wildman–Crippen LogP) is 10.2. The summed E-state index contributed by atoms with van der Waals surface area (Å²) in [7, 11) is 5.91. The van der Waals surface area contributed by atoms with E-state index in [0.717, 1.165) is 51.4 Å². The molecule has 0 bridgehead atoms.